The lowest BCUT2D eigenvalue weighted by molar-refractivity contribution is -0.0766. The number of hydrogen-bond donors (Lipinski definition) is 0. The summed E-state index contributed by atoms with van der Waals surface area (Å²) in [5, 5.41) is 0. The second-order valence-corrected chi connectivity index (χ2v) is 6.42. The SMILES string of the molecule is COC1(C)CN(S(=O)(=O)CBr)C1. The van der Waals surface area contributed by atoms with Gasteiger partial charge in [-0.15, -0.1) is 0 Å². The van der Waals surface area contributed by atoms with E-state index in [1.165, 1.54) is 4.31 Å². The Labute approximate surface area is 81.1 Å². The quantitative estimate of drug-likeness (QED) is 0.688. The average Bonchev–Trinajstić information content (AvgIpc) is 1.98. The van der Waals surface area contributed by atoms with E-state index in [-0.39, 0.29) is 10.3 Å². The summed E-state index contributed by atoms with van der Waals surface area (Å²) in [6.07, 6.45) is 0. The van der Waals surface area contributed by atoms with Crippen molar-refractivity contribution in [2.24, 2.45) is 0 Å². The zero-order chi connectivity index (χ0) is 9.41. The maximum absolute atomic E-state index is 11.2. The van der Waals surface area contributed by atoms with Gasteiger partial charge < -0.3 is 4.74 Å². The number of alkyl halides is 1. The summed E-state index contributed by atoms with van der Waals surface area (Å²) < 4.78 is 28.9. The number of hydrogen-bond acceptors (Lipinski definition) is 3. The predicted octanol–water partition coefficient (Wildman–Crippen LogP) is 0.389. The monoisotopic (exact) mass is 257 g/mol. The van der Waals surface area contributed by atoms with E-state index in [1.807, 2.05) is 6.92 Å². The molecule has 1 aliphatic heterocycles. The van der Waals surface area contributed by atoms with Crippen LogP contribution in [0.3, 0.4) is 0 Å². The van der Waals surface area contributed by atoms with Crippen molar-refractivity contribution in [3.8, 4) is 0 Å². The molecule has 0 aromatic rings. The Hall–Kier alpha value is 0.350. The van der Waals surface area contributed by atoms with Crippen molar-refractivity contribution < 1.29 is 13.2 Å². The molecular formula is C6H12BrNO3S. The van der Waals surface area contributed by atoms with Crippen LogP contribution in [0.15, 0.2) is 0 Å². The Balaban J connectivity index is 2.56. The van der Waals surface area contributed by atoms with E-state index in [0.29, 0.717) is 13.1 Å². The Morgan fingerprint density at radius 3 is 2.42 bits per heavy atom. The van der Waals surface area contributed by atoms with Crippen LogP contribution < -0.4 is 0 Å². The highest BCUT2D eigenvalue weighted by Gasteiger charge is 2.44. The predicted molar refractivity (Wildman–Crippen MR) is 49.7 cm³/mol. The van der Waals surface area contributed by atoms with Crippen molar-refractivity contribution >= 4 is 26.0 Å². The van der Waals surface area contributed by atoms with Crippen molar-refractivity contribution in [1.29, 1.82) is 0 Å². The van der Waals surface area contributed by atoms with Crippen LogP contribution in [0.25, 0.3) is 0 Å². The van der Waals surface area contributed by atoms with Gasteiger partial charge in [-0.1, -0.05) is 15.9 Å². The minimum absolute atomic E-state index is 0.0141. The zero-order valence-corrected chi connectivity index (χ0v) is 9.48. The molecule has 0 bridgehead atoms. The van der Waals surface area contributed by atoms with Crippen LogP contribution >= 0.6 is 15.9 Å². The molecule has 0 aromatic heterocycles. The van der Waals surface area contributed by atoms with Gasteiger partial charge in [0.15, 0.2) is 0 Å². The molecule has 1 fully saturated rings. The summed E-state index contributed by atoms with van der Waals surface area (Å²) in [7, 11) is -1.48. The lowest BCUT2D eigenvalue weighted by Crippen LogP contribution is -2.62. The third-order valence-electron chi connectivity index (χ3n) is 2.05. The number of methoxy groups -OCH3 is 1. The first-order valence-electron chi connectivity index (χ1n) is 3.52. The van der Waals surface area contributed by atoms with Crippen LogP contribution in [0.1, 0.15) is 6.92 Å². The van der Waals surface area contributed by atoms with Gasteiger partial charge in [0.2, 0.25) is 10.0 Å². The van der Waals surface area contributed by atoms with E-state index < -0.39 is 10.0 Å². The Morgan fingerprint density at radius 1 is 1.58 bits per heavy atom. The lowest BCUT2D eigenvalue weighted by atomic mass is 10.0. The van der Waals surface area contributed by atoms with Crippen molar-refractivity contribution in [2.75, 3.05) is 24.9 Å². The molecule has 1 rings (SSSR count). The van der Waals surface area contributed by atoms with Gasteiger partial charge in [0.05, 0.1) is 5.60 Å². The van der Waals surface area contributed by atoms with Crippen LogP contribution in [0.2, 0.25) is 0 Å². The van der Waals surface area contributed by atoms with E-state index in [0.717, 1.165) is 0 Å². The number of sulfonamides is 1. The summed E-state index contributed by atoms with van der Waals surface area (Å²) in [4.78, 5) is 0. The first kappa shape index (κ1) is 10.4. The number of ether oxygens (including phenoxy) is 1. The molecule has 0 amide bonds. The minimum atomic E-state index is -3.07. The van der Waals surface area contributed by atoms with Gasteiger partial charge in [-0.05, 0) is 6.92 Å². The molecule has 0 saturated carbocycles. The highest BCUT2D eigenvalue weighted by Crippen LogP contribution is 2.27. The van der Waals surface area contributed by atoms with Crippen molar-refractivity contribution in [3.05, 3.63) is 0 Å². The molecule has 0 N–H and O–H groups in total. The fraction of sp³-hybridized carbons (Fsp3) is 1.00. The molecule has 72 valence electrons. The molecule has 0 aromatic carbocycles. The highest BCUT2D eigenvalue weighted by atomic mass is 79.9. The third-order valence-corrected chi connectivity index (χ3v) is 5.10. The molecule has 0 atom stereocenters. The fourth-order valence-corrected chi connectivity index (χ4v) is 3.04. The van der Waals surface area contributed by atoms with Crippen LogP contribution in [-0.4, -0.2) is 43.2 Å². The summed E-state index contributed by atoms with van der Waals surface area (Å²) >= 11 is 2.94. The van der Waals surface area contributed by atoms with Gasteiger partial charge in [0, 0.05) is 20.2 Å². The molecule has 1 heterocycles. The molecule has 1 saturated heterocycles. The third kappa shape index (κ3) is 1.81. The summed E-state index contributed by atoms with van der Waals surface area (Å²) in [5.74, 6) is 0. The molecule has 0 spiro atoms. The average molecular weight is 258 g/mol. The molecule has 0 radical (unpaired) electrons. The van der Waals surface area contributed by atoms with Gasteiger partial charge in [-0.2, -0.15) is 4.31 Å². The Morgan fingerprint density at radius 2 is 2.08 bits per heavy atom. The maximum Gasteiger partial charge on any atom is 0.224 e. The fourth-order valence-electron chi connectivity index (χ4n) is 1.09. The second kappa shape index (κ2) is 3.25. The van der Waals surface area contributed by atoms with Gasteiger partial charge in [-0.25, -0.2) is 8.42 Å². The van der Waals surface area contributed by atoms with E-state index in [9.17, 15) is 8.42 Å². The van der Waals surface area contributed by atoms with Gasteiger partial charge >= 0.3 is 0 Å². The second-order valence-electron chi connectivity index (χ2n) is 3.14. The topological polar surface area (TPSA) is 46.6 Å². The van der Waals surface area contributed by atoms with Crippen molar-refractivity contribution in [3.63, 3.8) is 0 Å². The van der Waals surface area contributed by atoms with Crippen molar-refractivity contribution in [2.45, 2.75) is 12.5 Å². The molecule has 0 aliphatic carbocycles. The summed E-state index contributed by atoms with van der Waals surface area (Å²) in [6.45, 7) is 2.81. The first-order chi connectivity index (χ1) is 5.43. The van der Waals surface area contributed by atoms with Crippen LogP contribution in [0.4, 0.5) is 0 Å². The molecular weight excluding hydrogens is 246 g/mol. The van der Waals surface area contributed by atoms with E-state index >= 15 is 0 Å². The smallest absolute Gasteiger partial charge is 0.224 e. The molecule has 1 aliphatic rings. The van der Waals surface area contributed by atoms with Gasteiger partial charge in [0.1, 0.15) is 4.66 Å². The molecule has 0 unspecified atom stereocenters. The lowest BCUT2D eigenvalue weighted by Gasteiger charge is -2.45. The molecule has 4 nitrogen and oxygen atoms in total. The number of nitrogens with zero attached hydrogens (tertiary/aromatic N) is 1. The zero-order valence-electron chi connectivity index (χ0n) is 7.08. The van der Waals surface area contributed by atoms with E-state index in [4.69, 9.17) is 4.74 Å². The minimum Gasteiger partial charge on any atom is -0.376 e. The van der Waals surface area contributed by atoms with Crippen LogP contribution in [-0.2, 0) is 14.8 Å². The van der Waals surface area contributed by atoms with E-state index in [2.05, 4.69) is 15.9 Å². The standard InChI is InChI=1S/C6H12BrNO3S/c1-6(11-2)3-8(4-6)12(9,10)5-7/h3-5H2,1-2H3. The summed E-state index contributed by atoms with van der Waals surface area (Å²) in [5.41, 5.74) is -0.283. The number of rotatable bonds is 3. The van der Waals surface area contributed by atoms with Crippen LogP contribution in [0, 0.1) is 0 Å². The molecule has 12 heavy (non-hydrogen) atoms. The van der Waals surface area contributed by atoms with Crippen molar-refractivity contribution in [1.82, 2.24) is 4.31 Å². The molecule has 6 heteroatoms. The maximum atomic E-state index is 11.2. The van der Waals surface area contributed by atoms with E-state index in [1.54, 1.807) is 7.11 Å². The first-order valence-corrected chi connectivity index (χ1v) is 6.25. The van der Waals surface area contributed by atoms with Gasteiger partial charge in [0.25, 0.3) is 0 Å². The number of halogens is 1. The highest BCUT2D eigenvalue weighted by molar-refractivity contribution is 9.10. The van der Waals surface area contributed by atoms with Gasteiger partial charge in [-0.3, -0.25) is 0 Å². The Bertz CT molecular complexity index is 258. The summed E-state index contributed by atoms with van der Waals surface area (Å²) in [6, 6.07) is 0. The van der Waals surface area contributed by atoms with Crippen LogP contribution in [0.5, 0.6) is 0 Å². The Kier molecular flexibility index (Phi) is 2.82. The largest absolute Gasteiger partial charge is 0.376 e. The normalized spacial score (nSPS) is 23.6.